The third-order valence-electron chi connectivity index (χ3n) is 5.18. The molecule has 6 heteroatoms. The van der Waals surface area contributed by atoms with Gasteiger partial charge in [0.15, 0.2) is 11.4 Å². The summed E-state index contributed by atoms with van der Waals surface area (Å²) in [6.45, 7) is 10.9. The quantitative estimate of drug-likeness (QED) is 0.682. The van der Waals surface area contributed by atoms with Crippen LogP contribution < -0.4 is 10.2 Å². The van der Waals surface area contributed by atoms with Crippen LogP contribution in [0.4, 0.5) is 5.69 Å². The number of fused-ring (bicyclic) bond motifs is 1. The summed E-state index contributed by atoms with van der Waals surface area (Å²) in [5.74, 6) is 0.0637. The molecule has 1 fully saturated rings. The molecule has 0 spiro atoms. The Morgan fingerprint density at radius 3 is 2.86 bits per heavy atom. The number of piperazine rings is 1. The molecule has 6 nitrogen and oxygen atoms in total. The van der Waals surface area contributed by atoms with Crippen LogP contribution in [0.25, 0.3) is 22.4 Å². The van der Waals surface area contributed by atoms with Crippen molar-refractivity contribution in [2.24, 2.45) is 5.41 Å². The van der Waals surface area contributed by atoms with Crippen molar-refractivity contribution >= 4 is 22.6 Å². The number of ketones is 1. The van der Waals surface area contributed by atoms with Gasteiger partial charge in [0.25, 0.3) is 0 Å². The topological polar surface area (TPSA) is 73.9 Å². The number of rotatable bonds is 3. The van der Waals surface area contributed by atoms with Gasteiger partial charge in [-0.25, -0.2) is 9.97 Å². The van der Waals surface area contributed by atoms with Crippen LogP contribution in [0.3, 0.4) is 0 Å². The zero-order chi connectivity index (χ0) is 19.9. The molecule has 28 heavy (non-hydrogen) atoms. The van der Waals surface area contributed by atoms with E-state index in [4.69, 9.17) is 4.98 Å². The predicted octanol–water partition coefficient (Wildman–Crippen LogP) is 3.65. The van der Waals surface area contributed by atoms with E-state index in [2.05, 4.69) is 45.3 Å². The largest absolute Gasteiger partial charge is 0.369 e. The van der Waals surface area contributed by atoms with Crippen LogP contribution in [-0.2, 0) is 0 Å². The monoisotopic (exact) mass is 377 g/mol. The number of H-pyrrole nitrogens is 1. The van der Waals surface area contributed by atoms with E-state index in [1.807, 2.05) is 26.8 Å². The predicted molar refractivity (Wildman–Crippen MR) is 113 cm³/mol. The molecule has 146 valence electrons. The van der Waals surface area contributed by atoms with E-state index in [-0.39, 0.29) is 5.78 Å². The molecular formula is C22H27N5O. The molecule has 0 radical (unpaired) electrons. The van der Waals surface area contributed by atoms with Crippen LogP contribution in [0.5, 0.6) is 0 Å². The molecule has 0 saturated carbocycles. The maximum absolute atomic E-state index is 12.8. The molecule has 1 saturated heterocycles. The zero-order valence-corrected chi connectivity index (χ0v) is 16.9. The fourth-order valence-electron chi connectivity index (χ4n) is 3.64. The zero-order valence-electron chi connectivity index (χ0n) is 16.9. The highest BCUT2D eigenvalue weighted by molar-refractivity contribution is 6.08. The number of Topliss-reactive ketones (excluding diaryl/α,β-unsaturated/α-hetero) is 1. The van der Waals surface area contributed by atoms with E-state index in [0.717, 1.165) is 30.9 Å². The van der Waals surface area contributed by atoms with Crippen molar-refractivity contribution in [3.05, 3.63) is 42.2 Å². The highest BCUT2D eigenvalue weighted by atomic mass is 16.1. The molecule has 1 unspecified atom stereocenters. The summed E-state index contributed by atoms with van der Waals surface area (Å²) in [4.78, 5) is 27.5. The Kier molecular flexibility index (Phi) is 4.67. The Morgan fingerprint density at radius 1 is 1.29 bits per heavy atom. The molecule has 1 atom stereocenters. The summed E-state index contributed by atoms with van der Waals surface area (Å²) < 4.78 is 0. The van der Waals surface area contributed by atoms with Gasteiger partial charge in [0.05, 0.1) is 17.5 Å². The van der Waals surface area contributed by atoms with E-state index in [0.29, 0.717) is 22.8 Å². The van der Waals surface area contributed by atoms with Gasteiger partial charge >= 0.3 is 0 Å². The van der Waals surface area contributed by atoms with Gasteiger partial charge in [0, 0.05) is 48.5 Å². The van der Waals surface area contributed by atoms with Crippen LogP contribution in [0.15, 0.2) is 36.7 Å². The van der Waals surface area contributed by atoms with Crippen molar-refractivity contribution in [2.45, 2.75) is 33.7 Å². The molecule has 2 aromatic heterocycles. The number of nitrogens with one attached hydrogen (secondary N) is 2. The minimum Gasteiger partial charge on any atom is -0.369 e. The van der Waals surface area contributed by atoms with Crippen molar-refractivity contribution in [3.8, 4) is 11.3 Å². The molecule has 1 aliphatic rings. The number of aromatic nitrogens is 3. The maximum Gasteiger partial charge on any atom is 0.171 e. The van der Waals surface area contributed by atoms with Gasteiger partial charge in [0.1, 0.15) is 5.52 Å². The fraction of sp³-hybridized carbons (Fsp3) is 0.409. The SMILES string of the molecule is CC1CN(c2cccc(-c3cnc4[nH]cc(C(=O)C(C)(C)C)c4n3)c2)CCN1. The molecule has 3 heterocycles. The maximum atomic E-state index is 12.8. The summed E-state index contributed by atoms with van der Waals surface area (Å²) in [5.41, 5.74) is 4.39. The standard InChI is InChI=1S/C22H27N5O/c1-14-13-27(9-8-23-14)16-7-5-6-15(10-16)18-12-25-21-19(26-18)17(11-24-21)20(28)22(2,3)4/h5-7,10-12,14,23H,8-9,13H2,1-4H3,(H,24,25). The number of nitrogens with zero attached hydrogens (tertiary/aromatic N) is 3. The van der Waals surface area contributed by atoms with E-state index < -0.39 is 5.41 Å². The molecule has 0 aliphatic carbocycles. The Morgan fingerprint density at radius 2 is 2.11 bits per heavy atom. The first-order valence-electron chi connectivity index (χ1n) is 9.80. The van der Waals surface area contributed by atoms with E-state index >= 15 is 0 Å². The molecule has 3 aromatic rings. The Hall–Kier alpha value is -2.73. The molecule has 1 aromatic carbocycles. The summed E-state index contributed by atoms with van der Waals surface area (Å²) in [7, 11) is 0. The minimum atomic E-state index is -0.467. The van der Waals surface area contributed by atoms with E-state index in [9.17, 15) is 4.79 Å². The summed E-state index contributed by atoms with van der Waals surface area (Å²) in [6.07, 6.45) is 3.49. The molecule has 4 rings (SSSR count). The van der Waals surface area contributed by atoms with Gasteiger partial charge in [-0.2, -0.15) is 0 Å². The molecule has 0 amide bonds. The second-order valence-corrected chi connectivity index (χ2v) is 8.59. The lowest BCUT2D eigenvalue weighted by Gasteiger charge is -2.33. The van der Waals surface area contributed by atoms with Crippen molar-refractivity contribution in [3.63, 3.8) is 0 Å². The fourth-order valence-corrected chi connectivity index (χ4v) is 3.64. The average Bonchev–Trinajstić information content (AvgIpc) is 3.10. The van der Waals surface area contributed by atoms with Crippen molar-refractivity contribution in [1.82, 2.24) is 20.3 Å². The second kappa shape index (κ2) is 7.02. The molecule has 0 bridgehead atoms. The normalized spacial score (nSPS) is 17.9. The lowest BCUT2D eigenvalue weighted by atomic mass is 9.87. The highest BCUT2D eigenvalue weighted by Gasteiger charge is 2.26. The summed E-state index contributed by atoms with van der Waals surface area (Å²) in [6, 6.07) is 8.87. The Bertz CT molecular complexity index is 1020. The van der Waals surface area contributed by atoms with Crippen LogP contribution in [0.1, 0.15) is 38.1 Å². The van der Waals surface area contributed by atoms with Crippen molar-refractivity contribution < 1.29 is 4.79 Å². The first-order valence-corrected chi connectivity index (χ1v) is 9.80. The Labute approximate surface area is 165 Å². The van der Waals surface area contributed by atoms with Crippen LogP contribution >= 0.6 is 0 Å². The van der Waals surface area contributed by atoms with Crippen LogP contribution in [-0.4, -0.2) is 46.4 Å². The van der Waals surface area contributed by atoms with Gasteiger partial charge in [-0.05, 0) is 19.1 Å². The second-order valence-electron chi connectivity index (χ2n) is 8.59. The lowest BCUT2D eigenvalue weighted by molar-refractivity contribution is 0.0860. The van der Waals surface area contributed by atoms with E-state index in [1.165, 1.54) is 5.69 Å². The third-order valence-corrected chi connectivity index (χ3v) is 5.18. The number of anilines is 1. The smallest absolute Gasteiger partial charge is 0.171 e. The van der Waals surface area contributed by atoms with Gasteiger partial charge in [0.2, 0.25) is 0 Å². The molecule has 1 aliphatic heterocycles. The van der Waals surface area contributed by atoms with Gasteiger partial charge in [-0.3, -0.25) is 4.79 Å². The van der Waals surface area contributed by atoms with E-state index in [1.54, 1.807) is 12.4 Å². The lowest BCUT2D eigenvalue weighted by Crippen LogP contribution is -2.49. The summed E-state index contributed by atoms with van der Waals surface area (Å²) in [5, 5.41) is 3.47. The van der Waals surface area contributed by atoms with Crippen LogP contribution in [0.2, 0.25) is 0 Å². The Balaban J connectivity index is 1.71. The number of hydrogen-bond acceptors (Lipinski definition) is 5. The minimum absolute atomic E-state index is 0.0637. The van der Waals surface area contributed by atoms with Gasteiger partial charge in [-0.1, -0.05) is 32.9 Å². The number of carbonyl (C=O) groups excluding carboxylic acids is 1. The van der Waals surface area contributed by atoms with Crippen molar-refractivity contribution in [2.75, 3.05) is 24.5 Å². The molecule has 2 N–H and O–H groups in total. The first kappa shape index (κ1) is 18.6. The van der Waals surface area contributed by atoms with Crippen LogP contribution in [0, 0.1) is 5.41 Å². The highest BCUT2D eigenvalue weighted by Crippen LogP contribution is 2.28. The molecular weight excluding hydrogens is 350 g/mol. The number of hydrogen-bond donors (Lipinski definition) is 2. The number of carbonyl (C=O) groups is 1. The third kappa shape index (κ3) is 3.52. The average molecular weight is 377 g/mol. The van der Waals surface area contributed by atoms with Gasteiger partial charge in [-0.15, -0.1) is 0 Å². The first-order chi connectivity index (χ1) is 13.3. The number of benzene rings is 1. The number of aromatic amines is 1. The van der Waals surface area contributed by atoms with Gasteiger partial charge < -0.3 is 15.2 Å². The van der Waals surface area contributed by atoms with Crippen molar-refractivity contribution in [1.29, 1.82) is 0 Å². The summed E-state index contributed by atoms with van der Waals surface area (Å²) >= 11 is 0.